The Morgan fingerprint density at radius 2 is 1.54 bits per heavy atom. The van der Waals surface area contributed by atoms with Crippen LogP contribution in [0.3, 0.4) is 0 Å². The van der Waals surface area contributed by atoms with Gasteiger partial charge < -0.3 is 4.90 Å². The Bertz CT molecular complexity index is 787. The van der Waals surface area contributed by atoms with Gasteiger partial charge in [0.1, 0.15) is 0 Å². The molecular weight excluding hydrogens is 346 g/mol. The van der Waals surface area contributed by atoms with E-state index < -0.39 is 0 Å². The average Bonchev–Trinajstić information content (AvgIpc) is 2.73. The number of hydrogen-bond acceptors (Lipinski definition) is 2. The number of benzene rings is 2. The minimum Gasteiger partial charge on any atom is -0.342 e. The minimum atomic E-state index is -0.144. The maximum absolute atomic E-state index is 12.9. The number of piperidine rings is 1. The van der Waals surface area contributed by atoms with Crippen LogP contribution in [0, 0.1) is 11.8 Å². The fraction of sp³-hybridized carbons (Fsp3) is 0.440. The van der Waals surface area contributed by atoms with Crippen LogP contribution in [0.25, 0.3) is 0 Å². The number of Topliss-reactive ketones (excluding diaryl/α,β-unsaturated/α-hetero) is 1. The van der Waals surface area contributed by atoms with Gasteiger partial charge in [-0.25, -0.2) is 0 Å². The van der Waals surface area contributed by atoms with E-state index in [1.54, 1.807) is 0 Å². The number of rotatable bonds is 6. The highest BCUT2D eigenvalue weighted by Gasteiger charge is 2.30. The molecule has 1 heterocycles. The molecule has 1 saturated heterocycles. The maximum Gasteiger partial charge on any atom is 0.229 e. The molecule has 28 heavy (non-hydrogen) atoms. The van der Waals surface area contributed by atoms with Gasteiger partial charge in [0.05, 0.1) is 5.92 Å². The SMILES string of the molecule is CC(C)Cc1ccc([C@H](C)C(=O)N2CCC(C(=O)c3ccccc3)CC2)cc1. The summed E-state index contributed by atoms with van der Waals surface area (Å²) in [5.41, 5.74) is 3.17. The number of carbonyl (C=O) groups is 2. The van der Waals surface area contributed by atoms with Crippen LogP contribution in [0.4, 0.5) is 0 Å². The quantitative estimate of drug-likeness (QED) is 0.656. The van der Waals surface area contributed by atoms with Crippen LogP contribution in [-0.4, -0.2) is 29.7 Å². The van der Waals surface area contributed by atoms with Crippen LogP contribution < -0.4 is 0 Å². The summed E-state index contributed by atoms with van der Waals surface area (Å²) in [6.45, 7) is 7.75. The normalized spacial score (nSPS) is 16.2. The van der Waals surface area contributed by atoms with Crippen molar-refractivity contribution in [1.82, 2.24) is 4.90 Å². The first-order valence-corrected chi connectivity index (χ1v) is 10.4. The Kier molecular flexibility index (Phi) is 6.66. The van der Waals surface area contributed by atoms with Gasteiger partial charge in [0.2, 0.25) is 5.91 Å². The number of carbonyl (C=O) groups excluding carboxylic acids is 2. The number of likely N-dealkylation sites (tertiary alicyclic amines) is 1. The standard InChI is InChI=1S/C25H31NO2/c1-18(2)17-20-9-11-21(12-10-20)19(3)25(28)26-15-13-23(14-16-26)24(27)22-7-5-4-6-8-22/h4-12,18-19,23H,13-17H2,1-3H3/t19-/m0/s1. The monoisotopic (exact) mass is 377 g/mol. The predicted molar refractivity (Wildman–Crippen MR) is 113 cm³/mol. The lowest BCUT2D eigenvalue weighted by Crippen LogP contribution is -2.42. The van der Waals surface area contributed by atoms with Crippen molar-refractivity contribution < 1.29 is 9.59 Å². The van der Waals surface area contributed by atoms with Crippen LogP contribution in [0.15, 0.2) is 54.6 Å². The van der Waals surface area contributed by atoms with Gasteiger partial charge in [0, 0.05) is 24.6 Å². The first kappa shape index (κ1) is 20.3. The van der Waals surface area contributed by atoms with E-state index >= 15 is 0 Å². The van der Waals surface area contributed by atoms with Gasteiger partial charge in [-0.3, -0.25) is 9.59 Å². The Labute approximate surface area is 168 Å². The van der Waals surface area contributed by atoms with Crippen molar-refractivity contribution >= 4 is 11.7 Å². The van der Waals surface area contributed by atoms with Crippen molar-refractivity contribution in [2.45, 2.75) is 46.0 Å². The largest absolute Gasteiger partial charge is 0.342 e. The molecular formula is C25H31NO2. The highest BCUT2D eigenvalue weighted by atomic mass is 16.2. The van der Waals surface area contributed by atoms with E-state index in [4.69, 9.17) is 0 Å². The lowest BCUT2D eigenvalue weighted by Gasteiger charge is -2.33. The summed E-state index contributed by atoms with van der Waals surface area (Å²) in [7, 11) is 0. The minimum absolute atomic E-state index is 0.0251. The molecule has 0 aliphatic carbocycles. The Balaban J connectivity index is 1.56. The summed E-state index contributed by atoms with van der Waals surface area (Å²) < 4.78 is 0. The third kappa shape index (κ3) is 4.89. The Morgan fingerprint density at radius 1 is 0.929 bits per heavy atom. The fourth-order valence-electron chi connectivity index (χ4n) is 4.03. The molecule has 1 fully saturated rings. The lowest BCUT2D eigenvalue weighted by molar-refractivity contribution is -0.133. The van der Waals surface area contributed by atoms with Gasteiger partial charge >= 0.3 is 0 Å². The Hall–Kier alpha value is -2.42. The second kappa shape index (κ2) is 9.18. The van der Waals surface area contributed by atoms with E-state index in [9.17, 15) is 9.59 Å². The molecule has 0 saturated carbocycles. The molecule has 0 unspecified atom stereocenters. The van der Waals surface area contributed by atoms with Crippen molar-refractivity contribution in [2.24, 2.45) is 11.8 Å². The van der Waals surface area contributed by atoms with E-state index in [2.05, 4.69) is 38.1 Å². The van der Waals surface area contributed by atoms with E-state index in [1.165, 1.54) is 5.56 Å². The number of ketones is 1. The molecule has 2 aromatic carbocycles. The van der Waals surface area contributed by atoms with Gasteiger partial charge in [-0.2, -0.15) is 0 Å². The molecule has 3 nitrogen and oxygen atoms in total. The van der Waals surface area contributed by atoms with Crippen LogP contribution in [0.2, 0.25) is 0 Å². The highest BCUT2D eigenvalue weighted by Crippen LogP contribution is 2.26. The fourth-order valence-corrected chi connectivity index (χ4v) is 4.03. The molecule has 0 N–H and O–H groups in total. The van der Waals surface area contributed by atoms with E-state index in [-0.39, 0.29) is 23.5 Å². The number of amides is 1. The topological polar surface area (TPSA) is 37.4 Å². The molecule has 1 amide bonds. The Morgan fingerprint density at radius 3 is 2.11 bits per heavy atom. The second-order valence-electron chi connectivity index (χ2n) is 8.39. The molecule has 1 aliphatic rings. The van der Waals surface area contributed by atoms with Crippen molar-refractivity contribution in [3.05, 3.63) is 71.3 Å². The second-order valence-corrected chi connectivity index (χ2v) is 8.39. The molecule has 0 spiro atoms. The summed E-state index contributed by atoms with van der Waals surface area (Å²) in [6.07, 6.45) is 2.56. The van der Waals surface area contributed by atoms with Gasteiger partial charge in [-0.05, 0) is 43.2 Å². The van der Waals surface area contributed by atoms with Gasteiger partial charge in [-0.15, -0.1) is 0 Å². The van der Waals surface area contributed by atoms with Gasteiger partial charge in [0.15, 0.2) is 5.78 Å². The van der Waals surface area contributed by atoms with Crippen LogP contribution in [0.5, 0.6) is 0 Å². The van der Waals surface area contributed by atoms with Gasteiger partial charge in [-0.1, -0.05) is 68.4 Å². The molecule has 3 heteroatoms. The first-order valence-electron chi connectivity index (χ1n) is 10.4. The third-order valence-electron chi connectivity index (χ3n) is 5.73. The summed E-state index contributed by atoms with van der Waals surface area (Å²) in [5, 5.41) is 0. The van der Waals surface area contributed by atoms with E-state index in [0.29, 0.717) is 19.0 Å². The zero-order valence-electron chi connectivity index (χ0n) is 17.2. The van der Waals surface area contributed by atoms with Crippen molar-refractivity contribution in [1.29, 1.82) is 0 Å². The molecule has 148 valence electrons. The molecule has 0 bridgehead atoms. The molecule has 1 aliphatic heterocycles. The van der Waals surface area contributed by atoms with Gasteiger partial charge in [0.25, 0.3) is 0 Å². The predicted octanol–water partition coefficient (Wildman–Crippen LogP) is 5.11. The van der Waals surface area contributed by atoms with Crippen LogP contribution in [-0.2, 0) is 11.2 Å². The van der Waals surface area contributed by atoms with Crippen molar-refractivity contribution in [2.75, 3.05) is 13.1 Å². The number of hydrogen-bond donors (Lipinski definition) is 0. The summed E-state index contributed by atoms with van der Waals surface area (Å²) >= 11 is 0. The molecule has 3 rings (SSSR count). The maximum atomic E-state index is 12.9. The molecule has 0 radical (unpaired) electrons. The van der Waals surface area contributed by atoms with E-state index in [1.807, 2.05) is 42.2 Å². The van der Waals surface area contributed by atoms with Crippen LogP contribution >= 0.6 is 0 Å². The smallest absolute Gasteiger partial charge is 0.229 e. The van der Waals surface area contributed by atoms with Crippen molar-refractivity contribution in [3.8, 4) is 0 Å². The van der Waals surface area contributed by atoms with E-state index in [0.717, 1.165) is 30.4 Å². The molecule has 1 atom stereocenters. The zero-order valence-corrected chi connectivity index (χ0v) is 17.2. The summed E-state index contributed by atoms with van der Waals surface area (Å²) in [4.78, 5) is 27.5. The highest BCUT2D eigenvalue weighted by molar-refractivity contribution is 5.98. The zero-order chi connectivity index (χ0) is 20.1. The molecule has 0 aromatic heterocycles. The van der Waals surface area contributed by atoms with Crippen molar-refractivity contribution in [3.63, 3.8) is 0 Å². The number of nitrogens with zero attached hydrogens (tertiary/aromatic N) is 1. The average molecular weight is 378 g/mol. The molecule has 2 aromatic rings. The summed E-state index contributed by atoms with van der Waals surface area (Å²) in [5.74, 6) is 0.889. The lowest BCUT2D eigenvalue weighted by atomic mass is 9.88. The summed E-state index contributed by atoms with van der Waals surface area (Å²) in [6, 6.07) is 18.0. The third-order valence-corrected chi connectivity index (χ3v) is 5.73. The van der Waals surface area contributed by atoms with Crippen LogP contribution in [0.1, 0.15) is 61.0 Å². The first-order chi connectivity index (χ1) is 13.5.